The van der Waals surface area contributed by atoms with Crippen LogP contribution in [-0.4, -0.2) is 55.7 Å². The van der Waals surface area contributed by atoms with E-state index in [4.69, 9.17) is 9.73 Å². The van der Waals surface area contributed by atoms with E-state index in [0.717, 1.165) is 68.0 Å². The fourth-order valence-electron chi connectivity index (χ4n) is 4.19. The van der Waals surface area contributed by atoms with Crippen molar-refractivity contribution < 1.29 is 9.02 Å². The van der Waals surface area contributed by atoms with Crippen LogP contribution in [0.1, 0.15) is 29.8 Å². The Balaban J connectivity index is 1.31. The first-order valence-electron chi connectivity index (χ1n) is 9.59. The zero-order valence-electron chi connectivity index (χ0n) is 15.2. The summed E-state index contributed by atoms with van der Waals surface area (Å²) in [6, 6.07) is 8.18. The summed E-state index contributed by atoms with van der Waals surface area (Å²) in [6.45, 7) is 5.69. The minimum atomic E-state index is -0.685. The smallest absolute Gasteiger partial charge is 0.139 e. The second kappa shape index (κ2) is 7.01. The first-order chi connectivity index (χ1) is 13.2. The Hall–Kier alpha value is -2.32. The molecule has 1 saturated heterocycles. The second-order valence-electron chi connectivity index (χ2n) is 7.58. The van der Waals surface area contributed by atoms with Crippen molar-refractivity contribution in [2.45, 2.75) is 45.2 Å². The van der Waals surface area contributed by atoms with Crippen LogP contribution in [0.3, 0.4) is 0 Å². The summed E-state index contributed by atoms with van der Waals surface area (Å²) in [6.07, 6.45) is 1.01. The highest BCUT2D eigenvalue weighted by atomic mass is 19.1. The van der Waals surface area contributed by atoms with Crippen LogP contribution in [0.15, 0.2) is 28.9 Å². The molecule has 1 aromatic carbocycles. The van der Waals surface area contributed by atoms with Gasteiger partial charge in [-0.25, -0.2) is 9.02 Å². The maximum atomic E-state index is 13.4. The van der Waals surface area contributed by atoms with Gasteiger partial charge in [0.25, 0.3) is 0 Å². The summed E-state index contributed by atoms with van der Waals surface area (Å²) in [4.78, 5) is 4.57. The number of likely N-dealkylation sites (tertiary alicyclic amines) is 1. The van der Waals surface area contributed by atoms with Crippen molar-refractivity contribution in [1.82, 2.24) is 29.9 Å². The molecule has 1 atom stereocenters. The number of aromatic nitrogens is 4. The quantitative estimate of drug-likeness (QED) is 0.703. The SMILES string of the molecule is F[C@H]1CCN(Cc2cc3n(n2)CCCN(Cc2cccc4nonc24)C3)C1. The van der Waals surface area contributed by atoms with Crippen LogP contribution in [0, 0.1) is 0 Å². The van der Waals surface area contributed by atoms with Gasteiger partial charge in [-0.1, -0.05) is 12.1 Å². The summed E-state index contributed by atoms with van der Waals surface area (Å²) in [5.74, 6) is 0. The van der Waals surface area contributed by atoms with Crippen LogP contribution >= 0.6 is 0 Å². The van der Waals surface area contributed by atoms with Crippen molar-refractivity contribution in [3.8, 4) is 0 Å². The lowest BCUT2D eigenvalue weighted by molar-refractivity contribution is 0.260. The van der Waals surface area contributed by atoms with E-state index in [9.17, 15) is 4.39 Å². The number of aryl methyl sites for hydroxylation is 1. The van der Waals surface area contributed by atoms with E-state index in [0.29, 0.717) is 13.0 Å². The number of nitrogens with zero attached hydrogens (tertiary/aromatic N) is 6. The molecule has 27 heavy (non-hydrogen) atoms. The average Bonchev–Trinajstić information content (AvgIpc) is 3.34. The van der Waals surface area contributed by atoms with Crippen LogP contribution in [0.25, 0.3) is 11.0 Å². The van der Waals surface area contributed by atoms with Crippen molar-refractivity contribution in [2.75, 3.05) is 19.6 Å². The van der Waals surface area contributed by atoms with Crippen molar-refractivity contribution in [2.24, 2.45) is 0 Å². The molecule has 0 spiro atoms. The Bertz CT molecular complexity index is 937. The molecule has 0 aliphatic carbocycles. The van der Waals surface area contributed by atoms with Crippen LogP contribution < -0.4 is 0 Å². The maximum absolute atomic E-state index is 13.4. The third-order valence-corrected chi connectivity index (χ3v) is 5.51. The van der Waals surface area contributed by atoms with E-state index in [1.54, 1.807) is 0 Å². The van der Waals surface area contributed by atoms with Crippen molar-refractivity contribution in [1.29, 1.82) is 0 Å². The third-order valence-electron chi connectivity index (χ3n) is 5.51. The highest BCUT2D eigenvalue weighted by molar-refractivity contribution is 5.76. The Kier molecular flexibility index (Phi) is 4.37. The normalized spacial score (nSPS) is 21.6. The molecule has 0 saturated carbocycles. The van der Waals surface area contributed by atoms with E-state index in [-0.39, 0.29) is 0 Å². The number of hydrogen-bond acceptors (Lipinski definition) is 6. The molecule has 2 aromatic heterocycles. The lowest BCUT2D eigenvalue weighted by Gasteiger charge is -2.19. The van der Waals surface area contributed by atoms with Gasteiger partial charge in [0.2, 0.25) is 0 Å². The molecule has 0 unspecified atom stereocenters. The molecule has 0 amide bonds. The molecule has 5 rings (SSSR count). The van der Waals surface area contributed by atoms with Gasteiger partial charge < -0.3 is 0 Å². The second-order valence-corrected chi connectivity index (χ2v) is 7.58. The number of benzene rings is 1. The van der Waals surface area contributed by atoms with E-state index >= 15 is 0 Å². The fraction of sp³-hybridized carbons (Fsp3) is 0.526. The van der Waals surface area contributed by atoms with Crippen molar-refractivity contribution in [3.63, 3.8) is 0 Å². The van der Waals surface area contributed by atoms with Gasteiger partial charge in [0.05, 0.1) is 11.4 Å². The molecule has 2 aliphatic rings. The highest BCUT2D eigenvalue weighted by Gasteiger charge is 2.24. The monoisotopic (exact) mass is 370 g/mol. The molecule has 142 valence electrons. The van der Waals surface area contributed by atoms with Crippen LogP contribution in [0.5, 0.6) is 0 Å². The molecular weight excluding hydrogens is 347 g/mol. The van der Waals surface area contributed by atoms with Gasteiger partial charge >= 0.3 is 0 Å². The predicted octanol–water partition coefficient (Wildman–Crippen LogP) is 2.37. The van der Waals surface area contributed by atoms with Crippen LogP contribution in [0.2, 0.25) is 0 Å². The maximum Gasteiger partial charge on any atom is 0.139 e. The number of halogens is 1. The summed E-state index contributed by atoms with van der Waals surface area (Å²) in [5.41, 5.74) is 5.04. The number of hydrogen-bond donors (Lipinski definition) is 0. The number of fused-ring (bicyclic) bond motifs is 2. The molecule has 4 heterocycles. The van der Waals surface area contributed by atoms with E-state index < -0.39 is 6.17 Å². The predicted molar refractivity (Wildman–Crippen MR) is 97.6 cm³/mol. The minimum absolute atomic E-state index is 0.532. The Labute approximate surface area is 156 Å². The fourth-order valence-corrected chi connectivity index (χ4v) is 4.19. The minimum Gasteiger partial charge on any atom is -0.294 e. The summed E-state index contributed by atoms with van der Waals surface area (Å²) < 4.78 is 20.4. The molecule has 0 radical (unpaired) electrons. The number of rotatable bonds is 4. The van der Waals surface area contributed by atoms with E-state index in [2.05, 4.69) is 36.9 Å². The van der Waals surface area contributed by atoms with Crippen LogP contribution in [-0.2, 0) is 26.2 Å². The Morgan fingerprint density at radius 2 is 2.07 bits per heavy atom. The Morgan fingerprint density at radius 3 is 2.96 bits per heavy atom. The zero-order chi connectivity index (χ0) is 18.2. The largest absolute Gasteiger partial charge is 0.294 e. The molecule has 2 aliphatic heterocycles. The molecule has 7 nitrogen and oxygen atoms in total. The third kappa shape index (κ3) is 3.46. The first kappa shape index (κ1) is 16.8. The van der Waals surface area contributed by atoms with Crippen molar-refractivity contribution in [3.05, 3.63) is 41.2 Å². The summed E-state index contributed by atoms with van der Waals surface area (Å²) >= 11 is 0. The molecule has 0 N–H and O–H groups in total. The van der Waals surface area contributed by atoms with E-state index in [1.165, 1.54) is 5.69 Å². The molecule has 0 bridgehead atoms. The van der Waals surface area contributed by atoms with Gasteiger partial charge in [-0.2, -0.15) is 5.10 Å². The number of alkyl halides is 1. The molecule has 1 fully saturated rings. The van der Waals surface area contributed by atoms with E-state index in [1.807, 2.05) is 12.1 Å². The van der Waals surface area contributed by atoms with Gasteiger partial charge in [0.1, 0.15) is 17.2 Å². The average molecular weight is 370 g/mol. The zero-order valence-corrected chi connectivity index (χ0v) is 15.2. The van der Waals surface area contributed by atoms with Gasteiger partial charge in [-0.3, -0.25) is 14.5 Å². The standard InChI is InChI=1S/C19H23FN6O/c20-15-5-8-25(11-15)12-16-9-17-13-24(6-2-7-26(17)21-16)10-14-3-1-4-18-19(14)23-27-22-18/h1,3-4,9,15H,2,5-8,10-13H2/t15-/m0/s1. The summed E-state index contributed by atoms with van der Waals surface area (Å²) in [5, 5.41) is 12.8. The van der Waals surface area contributed by atoms with Gasteiger partial charge in [-0.15, -0.1) is 0 Å². The first-order valence-corrected chi connectivity index (χ1v) is 9.59. The molecular formula is C19H23FN6O. The molecule has 8 heteroatoms. The lowest BCUT2D eigenvalue weighted by Crippen LogP contribution is -2.23. The summed E-state index contributed by atoms with van der Waals surface area (Å²) in [7, 11) is 0. The highest BCUT2D eigenvalue weighted by Crippen LogP contribution is 2.21. The van der Waals surface area contributed by atoms with Crippen LogP contribution in [0.4, 0.5) is 4.39 Å². The van der Waals surface area contributed by atoms with Crippen molar-refractivity contribution >= 4 is 11.0 Å². The lowest BCUT2D eigenvalue weighted by atomic mass is 10.1. The van der Waals surface area contributed by atoms with Gasteiger partial charge in [0.15, 0.2) is 0 Å². The molecule has 3 aromatic rings. The van der Waals surface area contributed by atoms with Gasteiger partial charge in [-0.05, 0) is 40.9 Å². The van der Waals surface area contributed by atoms with Gasteiger partial charge in [0, 0.05) is 45.8 Å². The topological polar surface area (TPSA) is 63.2 Å². The Morgan fingerprint density at radius 1 is 1.11 bits per heavy atom.